The lowest BCUT2D eigenvalue weighted by atomic mass is 9.96. The summed E-state index contributed by atoms with van der Waals surface area (Å²) in [4.78, 5) is 12.7. The van der Waals surface area contributed by atoms with Crippen LogP contribution in [0.3, 0.4) is 0 Å². The Bertz CT molecular complexity index is 1100. The quantitative estimate of drug-likeness (QED) is 0.473. The number of thiocarbonyl (C=S) groups is 1. The number of ether oxygens (including phenoxy) is 1. The van der Waals surface area contributed by atoms with Crippen LogP contribution in [-0.4, -0.2) is 43.4 Å². The van der Waals surface area contributed by atoms with Crippen LogP contribution >= 0.6 is 28.1 Å². The Morgan fingerprint density at radius 1 is 1.15 bits per heavy atom. The lowest BCUT2D eigenvalue weighted by Gasteiger charge is -2.30. The van der Waals surface area contributed by atoms with Crippen molar-refractivity contribution in [2.24, 2.45) is 0 Å². The molecule has 0 unspecified atom stereocenters. The van der Waals surface area contributed by atoms with Crippen molar-refractivity contribution in [2.45, 2.75) is 50.0 Å². The van der Waals surface area contributed by atoms with Crippen LogP contribution in [-0.2, 0) is 10.0 Å². The Morgan fingerprint density at radius 2 is 1.82 bits per heavy atom. The van der Waals surface area contributed by atoms with E-state index in [0.29, 0.717) is 28.1 Å². The molecule has 0 radical (unpaired) electrons. The Hall–Kier alpha value is -2.01. The summed E-state index contributed by atoms with van der Waals surface area (Å²) in [6.07, 6.45) is 5.08. The number of anilines is 1. The number of hydrogen-bond acceptors (Lipinski definition) is 5. The first-order valence-corrected chi connectivity index (χ1v) is 13.5. The lowest BCUT2D eigenvalue weighted by molar-refractivity contribution is 0.0977. The van der Waals surface area contributed by atoms with Crippen molar-refractivity contribution in [2.75, 3.05) is 19.0 Å². The fourth-order valence-electron chi connectivity index (χ4n) is 3.77. The van der Waals surface area contributed by atoms with Gasteiger partial charge in [-0.05, 0) is 90.4 Å². The number of carbonyl (C=O) groups is 1. The molecule has 1 aliphatic carbocycles. The van der Waals surface area contributed by atoms with Gasteiger partial charge in [0.1, 0.15) is 5.75 Å². The minimum atomic E-state index is -3.56. The zero-order valence-electron chi connectivity index (χ0n) is 18.6. The Kier molecular flexibility index (Phi) is 8.86. The molecule has 2 aromatic carbocycles. The van der Waals surface area contributed by atoms with Gasteiger partial charge in [0.25, 0.3) is 5.91 Å². The largest absolute Gasteiger partial charge is 0.493 e. The first-order chi connectivity index (χ1) is 15.7. The summed E-state index contributed by atoms with van der Waals surface area (Å²) < 4.78 is 33.6. The molecule has 0 aromatic heterocycles. The molecule has 1 saturated carbocycles. The van der Waals surface area contributed by atoms with Gasteiger partial charge in [-0.3, -0.25) is 10.1 Å². The van der Waals surface area contributed by atoms with Gasteiger partial charge in [0.05, 0.1) is 16.0 Å². The lowest BCUT2D eigenvalue weighted by Crippen LogP contribution is -2.38. The molecule has 33 heavy (non-hydrogen) atoms. The molecule has 1 amide bonds. The average Bonchev–Trinajstić information content (AvgIpc) is 2.80. The monoisotopic (exact) mass is 553 g/mol. The van der Waals surface area contributed by atoms with Gasteiger partial charge in [0, 0.05) is 24.3 Å². The van der Waals surface area contributed by atoms with E-state index in [2.05, 4.69) is 26.6 Å². The van der Waals surface area contributed by atoms with Gasteiger partial charge in [-0.15, -0.1) is 0 Å². The van der Waals surface area contributed by atoms with Crippen LogP contribution in [0.25, 0.3) is 0 Å². The van der Waals surface area contributed by atoms with E-state index >= 15 is 0 Å². The van der Waals surface area contributed by atoms with Gasteiger partial charge < -0.3 is 10.1 Å². The first-order valence-electron chi connectivity index (χ1n) is 10.8. The molecule has 10 heteroatoms. The summed E-state index contributed by atoms with van der Waals surface area (Å²) in [5, 5.41) is 5.65. The van der Waals surface area contributed by atoms with E-state index in [9.17, 15) is 13.2 Å². The molecule has 0 atom stereocenters. The molecule has 2 aromatic rings. The summed E-state index contributed by atoms with van der Waals surface area (Å²) >= 11 is 8.63. The zero-order chi connectivity index (χ0) is 24.0. The van der Waals surface area contributed by atoms with Crippen molar-refractivity contribution in [1.29, 1.82) is 0 Å². The second kappa shape index (κ2) is 11.4. The van der Waals surface area contributed by atoms with Gasteiger partial charge in [0.15, 0.2) is 5.11 Å². The topological polar surface area (TPSA) is 87.7 Å². The Morgan fingerprint density at radius 3 is 2.42 bits per heavy atom. The smallest absolute Gasteiger partial charge is 0.257 e. The van der Waals surface area contributed by atoms with Gasteiger partial charge in [-0.1, -0.05) is 19.3 Å². The molecule has 1 aliphatic rings. The summed E-state index contributed by atoms with van der Waals surface area (Å²) in [7, 11) is -1.91. The number of rotatable bonds is 7. The van der Waals surface area contributed by atoms with Crippen LogP contribution in [0, 0.1) is 0 Å². The van der Waals surface area contributed by atoms with E-state index in [-0.39, 0.29) is 22.0 Å². The number of nitrogens with zero attached hydrogens (tertiary/aromatic N) is 1. The highest BCUT2D eigenvalue weighted by atomic mass is 79.9. The molecule has 0 saturated heterocycles. The van der Waals surface area contributed by atoms with Crippen molar-refractivity contribution in [3.8, 4) is 5.75 Å². The maximum absolute atomic E-state index is 13.0. The SMILES string of the molecule is CCOc1ccc(C(=O)NC(=S)Nc2ccc(S(=O)(=O)N(C)C3CCCCC3)cc2)cc1Br. The first kappa shape index (κ1) is 25.6. The molecule has 0 bridgehead atoms. The standard InChI is InChI=1S/C23H28BrN3O4S2/c1-3-31-21-14-9-16(15-20(21)24)22(28)26-23(32)25-17-10-12-19(13-11-17)33(29,30)27(2)18-7-5-4-6-8-18/h9-15,18H,3-8H2,1-2H3,(H2,25,26,28,32). The highest BCUT2D eigenvalue weighted by molar-refractivity contribution is 9.10. The molecule has 2 N–H and O–H groups in total. The third-order valence-electron chi connectivity index (χ3n) is 5.60. The van der Waals surface area contributed by atoms with Crippen LogP contribution in [0.15, 0.2) is 51.8 Å². The van der Waals surface area contributed by atoms with Crippen molar-refractivity contribution in [3.63, 3.8) is 0 Å². The fraction of sp³-hybridized carbons (Fsp3) is 0.391. The number of benzene rings is 2. The molecule has 1 fully saturated rings. The summed E-state index contributed by atoms with van der Waals surface area (Å²) in [5.41, 5.74) is 0.995. The van der Waals surface area contributed by atoms with Crippen LogP contribution in [0.1, 0.15) is 49.4 Å². The predicted molar refractivity (Wildman–Crippen MR) is 137 cm³/mol. The van der Waals surface area contributed by atoms with Crippen molar-refractivity contribution >= 4 is 54.9 Å². The van der Waals surface area contributed by atoms with Crippen molar-refractivity contribution in [1.82, 2.24) is 9.62 Å². The molecule has 0 spiro atoms. The summed E-state index contributed by atoms with van der Waals surface area (Å²) in [6.45, 7) is 2.41. The molecule has 7 nitrogen and oxygen atoms in total. The summed E-state index contributed by atoms with van der Waals surface area (Å²) in [5.74, 6) is 0.281. The third kappa shape index (κ3) is 6.53. The summed E-state index contributed by atoms with van der Waals surface area (Å²) in [6, 6.07) is 11.4. The second-order valence-corrected chi connectivity index (χ2v) is 11.1. The van der Waals surface area contributed by atoms with E-state index < -0.39 is 10.0 Å². The zero-order valence-corrected chi connectivity index (χ0v) is 21.9. The van der Waals surface area contributed by atoms with Gasteiger partial charge >= 0.3 is 0 Å². The molecule has 178 valence electrons. The minimum Gasteiger partial charge on any atom is -0.493 e. The normalized spacial score (nSPS) is 14.7. The highest BCUT2D eigenvalue weighted by Gasteiger charge is 2.28. The van der Waals surface area contributed by atoms with E-state index in [0.717, 1.165) is 32.1 Å². The minimum absolute atomic E-state index is 0.0481. The predicted octanol–water partition coefficient (Wildman–Crippen LogP) is 4.93. The number of hydrogen-bond donors (Lipinski definition) is 2. The van der Waals surface area contributed by atoms with Crippen molar-refractivity contribution < 1.29 is 17.9 Å². The number of nitrogens with one attached hydrogen (secondary N) is 2. The Labute approximate surface area is 209 Å². The number of sulfonamides is 1. The molecular weight excluding hydrogens is 526 g/mol. The second-order valence-electron chi connectivity index (χ2n) is 7.82. The fourth-order valence-corrected chi connectivity index (χ4v) is 5.89. The Balaban J connectivity index is 1.60. The molecule has 0 heterocycles. The highest BCUT2D eigenvalue weighted by Crippen LogP contribution is 2.27. The number of amides is 1. The van der Waals surface area contributed by atoms with Crippen LogP contribution in [0.2, 0.25) is 0 Å². The maximum atomic E-state index is 13.0. The van der Waals surface area contributed by atoms with E-state index in [4.69, 9.17) is 17.0 Å². The average molecular weight is 555 g/mol. The molecule has 3 rings (SSSR count). The van der Waals surface area contributed by atoms with E-state index in [1.165, 1.54) is 4.31 Å². The van der Waals surface area contributed by atoms with E-state index in [1.807, 2.05) is 6.92 Å². The van der Waals surface area contributed by atoms with Gasteiger partial charge in [-0.2, -0.15) is 4.31 Å². The number of carbonyl (C=O) groups excluding carboxylic acids is 1. The molecule has 0 aliphatic heterocycles. The van der Waals surface area contributed by atoms with Gasteiger partial charge in [-0.25, -0.2) is 8.42 Å². The van der Waals surface area contributed by atoms with Gasteiger partial charge in [0.2, 0.25) is 10.0 Å². The maximum Gasteiger partial charge on any atom is 0.257 e. The number of halogens is 1. The van der Waals surface area contributed by atoms with Crippen molar-refractivity contribution in [3.05, 3.63) is 52.5 Å². The van der Waals surface area contributed by atoms with Crippen LogP contribution < -0.4 is 15.4 Å². The molecular formula is C23H28BrN3O4S2. The van der Waals surface area contributed by atoms with Crippen LogP contribution in [0.5, 0.6) is 5.75 Å². The van der Waals surface area contributed by atoms with Crippen LogP contribution in [0.4, 0.5) is 5.69 Å². The van der Waals surface area contributed by atoms with E-state index in [1.54, 1.807) is 49.5 Å². The third-order valence-corrected chi connectivity index (χ3v) is 8.35.